The molecule has 1 aliphatic heterocycles. The minimum Gasteiger partial charge on any atom is -0.316 e. The molecule has 0 radical (unpaired) electrons. The maximum atomic E-state index is 4.18. The standard InChI is InChI=1S/C11H19N3/c1-14-11(6-8-13-14)5-4-10-3-2-7-12-9-10/h6,8,10,12H,2-5,7,9H2,1H3. The summed E-state index contributed by atoms with van der Waals surface area (Å²) in [5, 5.41) is 7.64. The molecule has 14 heavy (non-hydrogen) atoms. The molecule has 1 N–H and O–H groups in total. The molecule has 1 saturated heterocycles. The van der Waals surface area contributed by atoms with Crippen LogP contribution in [0.3, 0.4) is 0 Å². The van der Waals surface area contributed by atoms with Gasteiger partial charge in [0.1, 0.15) is 0 Å². The highest BCUT2D eigenvalue weighted by molar-refractivity contribution is 5.00. The molecule has 1 unspecified atom stereocenters. The van der Waals surface area contributed by atoms with E-state index >= 15 is 0 Å². The maximum Gasteiger partial charge on any atom is 0.0492 e. The lowest BCUT2D eigenvalue weighted by atomic mass is 9.94. The fourth-order valence-corrected chi connectivity index (χ4v) is 2.17. The van der Waals surface area contributed by atoms with E-state index in [9.17, 15) is 0 Å². The van der Waals surface area contributed by atoms with Crippen LogP contribution in [0.5, 0.6) is 0 Å². The van der Waals surface area contributed by atoms with Gasteiger partial charge in [0.15, 0.2) is 0 Å². The molecule has 2 rings (SSSR count). The lowest BCUT2D eigenvalue weighted by Crippen LogP contribution is -2.30. The van der Waals surface area contributed by atoms with Crippen molar-refractivity contribution in [3.05, 3.63) is 18.0 Å². The van der Waals surface area contributed by atoms with Crippen molar-refractivity contribution >= 4 is 0 Å². The van der Waals surface area contributed by atoms with Gasteiger partial charge in [-0.1, -0.05) is 0 Å². The molecule has 1 aromatic rings. The number of nitrogens with one attached hydrogen (secondary N) is 1. The summed E-state index contributed by atoms with van der Waals surface area (Å²) < 4.78 is 1.98. The first-order valence-electron chi connectivity index (χ1n) is 5.54. The highest BCUT2D eigenvalue weighted by Gasteiger charge is 2.13. The van der Waals surface area contributed by atoms with Gasteiger partial charge in [0.05, 0.1) is 0 Å². The van der Waals surface area contributed by atoms with Crippen molar-refractivity contribution < 1.29 is 0 Å². The van der Waals surface area contributed by atoms with Gasteiger partial charge >= 0.3 is 0 Å². The molecule has 0 aromatic carbocycles. The van der Waals surface area contributed by atoms with E-state index in [1.165, 1.54) is 44.5 Å². The van der Waals surface area contributed by atoms with Crippen molar-refractivity contribution in [1.82, 2.24) is 15.1 Å². The summed E-state index contributed by atoms with van der Waals surface area (Å²) in [6.07, 6.45) is 7.09. The number of hydrogen-bond donors (Lipinski definition) is 1. The third kappa shape index (κ3) is 2.35. The zero-order valence-electron chi connectivity index (χ0n) is 8.87. The van der Waals surface area contributed by atoms with Crippen molar-refractivity contribution in [2.75, 3.05) is 13.1 Å². The molecule has 0 saturated carbocycles. The maximum absolute atomic E-state index is 4.18. The molecule has 3 nitrogen and oxygen atoms in total. The molecule has 78 valence electrons. The predicted octanol–water partition coefficient (Wildman–Crippen LogP) is 1.35. The van der Waals surface area contributed by atoms with Crippen LogP contribution in [0.2, 0.25) is 0 Å². The quantitative estimate of drug-likeness (QED) is 0.785. The Balaban J connectivity index is 1.79. The minimum atomic E-state index is 0.874. The third-order valence-electron chi connectivity index (χ3n) is 3.13. The number of piperidine rings is 1. The van der Waals surface area contributed by atoms with Crippen LogP contribution in [0.25, 0.3) is 0 Å². The largest absolute Gasteiger partial charge is 0.316 e. The average Bonchev–Trinajstić information content (AvgIpc) is 2.63. The van der Waals surface area contributed by atoms with Crippen molar-refractivity contribution in [2.24, 2.45) is 13.0 Å². The van der Waals surface area contributed by atoms with Crippen molar-refractivity contribution in [3.8, 4) is 0 Å². The number of hydrogen-bond acceptors (Lipinski definition) is 2. The Morgan fingerprint density at radius 2 is 2.57 bits per heavy atom. The summed E-state index contributed by atoms with van der Waals surface area (Å²) in [5.41, 5.74) is 1.36. The smallest absolute Gasteiger partial charge is 0.0492 e. The van der Waals surface area contributed by atoms with Crippen LogP contribution >= 0.6 is 0 Å². The van der Waals surface area contributed by atoms with Crippen molar-refractivity contribution in [2.45, 2.75) is 25.7 Å². The van der Waals surface area contributed by atoms with Crippen molar-refractivity contribution in [1.29, 1.82) is 0 Å². The zero-order valence-corrected chi connectivity index (χ0v) is 8.87. The number of aromatic nitrogens is 2. The Morgan fingerprint density at radius 1 is 1.64 bits per heavy atom. The molecule has 0 aliphatic carbocycles. The molecule has 1 aromatic heterocycles. The predicted molar refractivity (Wildman–Crippen MR) is 57.1 cm³/mol. The first-order valence-corrected chi connectivity index (χ1v) is 5.54. The third-order valence-corrected chi connectivity index (χ3v) is 3.13. The van der Waals surface area contributed by atoms with E-state index < -0.39 is 0 Å². The van der Waals surface area contributed by atoms with E-state index in [2.05, 4.69) is 16.5 Å². The molecule has 3 heteroatoms. The number of aryl methyl sites for hydroxylation is 2. The Hall–Kier alpha value is -0.830. The summed E-state index contributed by atoms with van der Waals surface area (Å²) in [5.74, 6) is 0.874. The summed E-state index contributed by atoms with van der Waals surface area (Å²) in [7, 11) is 2.02. The first kappa shape index (κ1) is 9.71. The van der Waals surface area contributed by atoms with Gasteiger partial charge in [-0.3, -0.25) is 4.68 Å². The fraction of sp³-hybridized carbons (Fsp3) is 0.727. The molecule has 0 amide bonds. The van der Waals surface area contributed by atoms with E-state index in [-0.39, 0.29) is 0 Å². The zero-order chi connectivity index (χ0) is 9.80. The van der Waals surface area contributed by atoms with Crippen LogP contribution in [0.1, 0.15) is 25.0 Å². The molecular weight excluding hydrogens is 174 g/mol. The molecule has 2 heterocycles. The van der Waals surface area contributed by atoms with Gasteiger partial charge in [-0.05, 0) is 50.8 Å². The van der Waals surface area contributed by atoms with E-state index in [1.807, 2.05) is 17.9 Å². The van der Waals surface area contributed by atoms with E-state index in [0.29, 0.717) is 0 Å². The Morgan fingerprint density at radius 3 is 3.21 bits per heavy atom. The monoisotopic (exact) mass is 193 g/mol. The van der Waals surface area contributed by atoms with Gasteiger partial charge in [-0.15, -0.1) is 0 Å². The Labute approximate surface area is 85.5 Å². The summed E-state index contributed by atoms with van der Waals surface area (Å²) in [6, 6.07) is 2.12. The van der Waals surface area contributed by atoms with Gasteiger partial charge in [-0.2, -0.15) is 5.10 Å². The van der Waals surface area contributed by atoms with Gasteiger partial charge in [0.2, 0.25) is 0 Å². The van der Waals surface area contributed by atoms with E-state index in [1.54, 1.807) is 0 Å². The summed E-state index contributed by atoms with van der Waals surface area (Å²) in [4.78, 5) is 0. The number of nitrogens with zero attached hydrogens (tertiary/aromatic N) is 2. The molecule has 1 fully saturated rings. The minimum absolute atomic E-state index is 0.874. The van der Waals surface area contributed by atoms with Gasteiger partial charge in [0.25, 0.3) is 0 Å². The topological polar surface area (TPSA) is 29.9 Å². The first-order chi connectivity index (χ1) is 6.86. The molecule has 1 atom stereocenters. The van der Waals surface area contributed by atoms with Crippen LogP contribution in [0.4, 0.5) is 0 Å². The van der Waals surface area contributed by atoms with E-state index in [4.69, 9.17) is 0 Å². The highest BCUT2D eigenvalue weighted by atomic mass is 15.2. The normalized spacial score (nSPS) is 22.5. The Bertz CT molecular complexity index is 274. The van der Waals surface area contributed by atoms with Gasteiger partial charge in [0, 0.05) is 18.9 Å². The molecular formula is C11H19N3. The summed E-state index contributed by atoms with van der Waals surface area (Å²) in [6.45, 7) is 2.42. The van der Waals surface area contributed by atoms with Crippen LogP contribution < -0.4 is 5.32 Å². The molecule has 0 spiro atoms. The lowest BCUT2D eigenvalue weighted by Gasteiger charge is -2.22. The van der Waals surface area contributed by atoms with Gasteiger partial charge < -0.3 is 5.32 Å². The average molecular weight is 193 g/mol. The van der Waals surface area contributed by atoms with Crippen molar-refractivity contribution in [3.63, 3.8) is 0 Å². The lowest BCUT2D eigenvalue weighted by molar-refractivity contribution is 0.355. The fourth-order valence-electron chi connectivity index (χ4n) is 2.17. The Kier molecular flexibility index (Phi) is 3.19. The second-order valence-electron chi connectivity index (χ2n) is 4.20. The van der Waals surface area contributed by atoms with Crippen LogP contribution in [-0.4, -0.2) is 22.9 Å². The molecule has 1 aliphatic rings. The second-order valence-corrected chi connectivity index (χ2v) is 4.20. The second kappa shape index (κ2) is 4.60. The number of rotatable bonds is 3. The summed E-state index contributed by atoms with van der Waals surface area (Å²) >= 11 is 0. The SMILES string of the molecule is Cn1nccc1CCC1CCCNC1. The van der Waals surface area contributed by atoms with Crippen LogP contribution in [0.15, 0.2) is 12.3 Å². The highest BCUT2D eigenvalue weighted by Crippen LogP contribution is 2.16. The van der Waals surface area contributed by atoms with E-state index in [0.717, 1.165) is 5.92 Å². The van der Waals surface area contributed by atoms with Crippen LogP contribution in [0, 0.1) is 5.92 Å². The molecule has 0 bridgehead atoms. The van der Waals surface area contributed by atoms with Crippen LogP contribution in [-0.2, 0) is 13.5 Å². The van der Waals surface area contributed by atoms with Gasteiger partial charge in [-0.25, -0.2) is 0 Å².